The van der Waals surface area contributed by atoms with E-state index >= 15 is 0 Å². The van der Waals surface area contributed by atoms with Crippen LogP contribution in [0.3, 0.4) is 0 Å². The molecule has 0 amide bonds. The average molecular weight is 461 g/mol. The van der Waals surface area contributed by atoms with Gasteiger partial charge in [0, 0.05) is 0 Å². The number of fused-ring (bicyclic) bond motifs is 1. The largest absolute Gasteiger partial charge is 0.294 e. The van der Waals surface area contributed by atoms with Gasteiger partial charge in [-0.1, -0.05) is 109 Å². The molecule has 180 valence electrons. The lowest BCUT2D eigenvalue weighted by atomic mass is 9.96. The van der Waals surface area contributed by atoms with Crippen molar-refractivity contribution in [1.82, 2.24) is 0 Å². The Morgan fingerprint density at radius 1 is 0.656 bits per heavy atom. The highest BCUT2D eigenvalue weighted by atomic mass is 32.2. The lowest BCUT2D eigenvalue weighted by molar-refractivity contribution is 0.483. The van der Waals surface area contributed by atoms with E-state index in [4.69, 9.17) is 0 Å². The number of hydrogen-bond donors (Lipinski definition) is 1. The standard InChI is InChI=1S/C28H44O3S/c1-3-5-7-9-11-13-15-17-24-19-20-26-23-27(32(29,30)31)22-25(28(26)21-24)18-16-14-12-10-8-6-4-2/h19-23H,3-18H2,1-2H3,(H,29,30,31). The van der Waals surface area contributed by atoms with Crippen LogP contribution in [-0.4, -0.2) is 13.0 Å². The van der Waals surface area contributed by atoms with Gasteiger partial charge in [0.2, 0.25) is 0 Å². The molecule has 2 aromatic rings. The molecule has 0 heterocycles. The second-order valence-electron chi connectivity index (χ2n) is 9.36. The second kappa shape index (κ2) is 14.7. The molecule has 0 radical (unpaired) electrons. The van der Waals surface area contributed by atoms with Gasteiger partial charge < -0.3 is 0 Å². The third kappa shape index (κ3) is 9.62. The first-order valence-corrected chi connectivity index (χ1v) is 14.4. The van der Waals surface area contributed by atoms with E-state index in [2.05, 4.69) is 26.0 Å². The predicted molar refractivity (Wildman–Crippen MR) is 137 cm³/mol. The van der Waals surface area contributed by atoms with Crippen molar-refractivity contribution in [2.24, 2.45) is 0 Å². The van der Waals surface area contributed by atoms with Crippen LogP contribution < -0.4 is 0 Å². The van der Waals surface area contributed by atoms with Crippen molar-refractivity contribution in [3.8, 4) is 0 Å². The molecule has 0 saturated heterocycles. The van der Waals surface area contributed by atoms with Crippen LogP contribution in [0.2, 0.25) is 0 Å². The minimum absolute atomic E-state index is 0.0165. The van der Waals surface area contributed by atoms with E-state index in [0.717, 1.165) is 35.6 Å². The molecule has 0 saturated carbocycles. The molecule has 4 heteroatoms. The number of unbranched alkanes of at least 4 members (excludes halogenated alkanes) is 12. The van der Waals surface area contributed by atoms with E-state index in [-0.39, 0.29) is 4.90 Å². The Labute approximate surface area is 196 Å². The van der Waals surface area contributed by atoms with E-state index in [1.165, 1.54) is 89.0 Å². The Morgan fingerprint density at radius 3 is 1.75 bits per heavy atom. The third-order valence-corrected chi connectivity index (χ3v) is 7.33. The lowest BCUT2D eigenvalue weighted by Crippen LogP contribution is -2.01. The zero-order valence-electron chi connectivity index (χ0n) is 20.4. The summed E-state index contributed by atoms with van der Waals surface area (Å²) in [6, 6.07) is 9.68. The van der Waals surface area contributed by atoms with Crippen LogP contribution in [-0.2, 0) is 23.0 Å². The van der Waals surface area contributed by atoms with Crippen molar-refractivity contribution in [2.45, 2.75) is 121 Å². The van der Waals surface area contributed by atoms with Crippen LogP contribution in [0, 0.1) is 0 Å². The van der Waals surface area contributed by atoms with Crippen LogP contribution in [0.25, 0.3) is 10.8 Å². The summed E-state index contributed by atoms with van der Waals surface area (Å²) in [6.07, 6.45) is 19.6. The highest BCUT2D eigenvalue weighted by Gasteiger charge is 2.14. The Bertz CT molecular complexity index is 902. The van der Waals surface area contributed by atoms with Gasteiger partial charge in [-0.2, -0.15) is 8.42 Å². The maximum atomic E-state index is 11.8. The smallest absolute Gasteiger partial charge is 0.282 e. The maximum absolute atomic E-state index is 11.8. The van der Waals surface area contributed by atoms with Crippen molar-refractivity contribution in [3.63, 3.8) is 0 Å². The molecule has 0 bridgehead atoms. The van der Waals surface area contributed by atoms with Crippen molar-refractivity contribution in [2.75, 3.05) is 0 Å². The normalized spacial score (nSPS) is 12.0. The lowest BCUT2D eigenvalue weighted by Gasteiger charge is -2.12. The molecular formula is C28H44O3S. The molecule has 32 heavy (non-hydrogen) atoms. The highest BCUT2D eigenvalue weighted by molar-refractivity contribution is 7.85. The molecule has 0 aliphatic rings. The van der Waals surface area contributed by atoms with E-state index in [1.807, 2.05) is 6.07 Å². The van der Waals surface area contributed by atoms with Gasteiger partial charge in [0.1, 0.15) is 0 Å². The quantitative estimate of drug-likeness (QED) is 0.190. The maximum Gasteiger partial charge on any atom is 0.294 e. The monoisotopic (exact) mass is 460 g/mol. The molecular weight excluding hydrogens is 416 g/mol. The second-order valence-corrected chi connectivity index (χ2v) is 10.8. The molecule has 0 atom stereocenters. The number of rotatable bonds is 17. The minimum Gasteiger partial charge on any atom is -0.282 e. The number of hydrogen-bond acceptors (Lipinski definition) is 2. The zero-order valence-corrected chi connectivity index (χ0v) is 21.2. The fourth-order valence-electron chi connectivity index (χ4n) is 4.52. The number of benzene rings is 2. The van der Waals surface area contributed by atoms with Crippen LogP contribution in [0.4, 0.5) is 0 Å². The summed E-state index contributed by atoms with van der Waals surface area (Å²) >= 11 is 0. The summed E-state index contributed by atoms with van der Waals surface area (Å²) < 4.78 is 33.2. The van der Waals surface area contributed by atoms with E-state index in [1.54, 1.807) is 12.1 Å². The third-order valence-electron chi connectivity index (χ3n) is 6.49. The average Bonchev–Trinajstić information content (AvgIpc) is 2.77. The first-order valence-electron chi connectivity index (χ1n) is 13.0. The summed E-state index contributed by atoms with van der Waals surface area (Å²) in [5.74, 6) is 0. The first kappa shape index (κ1) is 26.9. The molecule has 3 nitrogen and oxygen atoms in total. The van der Waals surface area contributed by atoms with Crippen LogP contribution in [0.15, 0.2) is 35.2 Å². The molecule has 2 aromatic carbocycles. The molecule has 0 fully saturated rings. The van der Waals surface area contributed by atoms with Crippen molar-refractivity contribution >= 4 is 20.9 Å². The topological polar surface area (TPSA) is 54.4 Å². The summed E-state index contributed by atoms with van der Waals surface area (Å²) in [4.78, 5) is 0.0165. The summed E-state index contributed by atoms with van der Waals surface area (Å²) in [5.41, 5.74) is 2.37. The Kier molecular flexibility index (Phi) is 12.3. The van der Waals surface area contributed by atoms with Gasteiger partial charge in [0.25, 0.3) is 10.1 Å². The van der Waals surface area contributed by atoms with Crippen molar-refractivity contribution in [1.29, 1.82) is 0 Å². The Morgan fingerprint density at radius 2 is 1.19 bits per heavy atom. The minimum atomic E-state index is -4.20. The molecule has 0 aliphatic carbocycles. The predicted octanol–water partition coefficient (Wildman–Crippen LogP) is 8.67. The molecule has 0 aromatic heterocycles. The summed E-state index contributed by atoms with van der Waals surface area (Å²) in [5, 5.41) is 2.05. The molecule has 2 rings (SSSR count). The van der Waals surface area contributed by atoms with E-state index < -0.39 is 10.1 Å². The van der Waals surface area contributed by atoms with Crippen molar-refractivity contribution < 1.29 is 13.0 Å². The Balaban J connectivity index is 2.03. The van der Waals surface area contributed by atoms with Gasteiger partial charge in [0.15, 0.2) is 0 Å². The first-order chi connectivity index (χ1) is 15.5. The van der Waals surface area contributed by atoms with Gasteiger partial charge in [-0.3, -0.25) is 4.55 Å². The fourth-order valence-corrected chi connectivity index (χ4v) is 5.09. The van der Waals surface area contributed by atoms with Crippen LogP contribution in [0.1, 0.15) is 115 Å². The Hall–Kier alpha value is -1.39. The summed E-state index contributed by atoms with van der Waals surface area (Å²) in [7, 11) is -4.20. The molecule has 0 aliphatic heterocycles. The number of aryl methyl sites for hydroxylation is 2. The summed E-state index contributed by atoms with van der Waals surface area (Å²) in [6.45, 7) is 4.48. The van der Waals surface area contributed by atoms with Crippen LogP contribution in [0.5, 0.6) is 0 Å². The van der Waals surface area contributed by atoms with Gasteiger partial charge in [-0.15, -0.1) is 0 Å². The molecule has 1 N–H and O–H groups in total. The van der Waals surface area contributed by atoms with Gasteiger partial charge in [-0.25, -0.2) is 0 Å². The fraction of sp³-hybridized carbons (Fsp3) is 0.643. The van der Waals surface area contributed by atoms with E-state index in [9.17, 15) is 13.0 Å². The van der Waals surface area contributed by atoms with Crippen molar-refractivity contribution in [3.05, 3.63) is 41.5 Å². The zero-order chi connectivity index (χ0) is 23.2. The molecule has 0 unspecified atom stereocenters. The van der Waals surface area contributed by atoms with Gasteiger partial charge in [0.05, 0.1) is 4.90 Å². The van der Waals surface area contributed by atoms with Gasteiger partial charge in [-0.05, 0) is 59.7 Å². The molecule has 0 spiro atoms. The SMILES string of the molecule is CCCCCCCCCc1ccc2cc(S(=O)(=O)O)cc(CCCCCCCCC)c2c1. The van der Waals surface area contributed by atoms with E-state index in [0.29, 0.717) is 0 Å². The highest BCUT2D eigenvalue weighted by Crippen LogP contribution is 2.27. The van der Waals surface area contributed by atoms with Gasteiger partial charge >= 0.3 is 0 Å². The van der Waals surface area contributed by atoms with Crippen LogP contribution >= 0.6 is 0 Å².